The van der Waals surface area contributed by atoms with Crippen LogP contribution in [0.2, 0.25) is 0 Å². The molecule has 32 heavy (non-hydrogen) atoms. The van der Waals surface area contributed by atoms with Gasteiger partial charge in [0.2, 0.25) is 16.8 Å². The highest BCUT2D eigenvalue weighted by atomic mass is 32.2. The lowest BCUT2D eigenvalue weighted by molar-refractivity contribution is -0.385. The minimum Gasteiger partial charge on any atom is -0.454 e. The van der Waals surface area contributed by atoms with E-state index < -0.39 is 14.9 Å². The summed E-state index contributed by atoms with van der Waals surface area (Å²) in [4.78, 5) is 10.5. The Bertz CT molecular complexity index is 1170. The van der Waals surface area contributed by atoms with E-state index in [-0.39, 0.29) is 29.1 Å². The van der Waals surface area contributed by atoms with Gasteiger partial charge in [-0.3, -0.25) is 15.5 Å². The number of sulfonamides is 1. The summed E-state index contributed by atoms with van der Waals surface area (Å²) < 4.78 is 38.9. The summed E-state index contributed by atoms with van der Waals surface area (Å²) in [6, 6.07) is 8.77. The summed E-state index contributed by atoms with van der Waals surface area (Å²) >= 11 is 0. The van der Waals surface area contributed by atoms with Crippen LogP contribution in [-0.2, 0) is 10.0 Å². The first-order chi connectivity index (χ1) is 15.3. The van der Waals surface area contributed by atoms with Crippen LogP contribution in [0.15, 0.2) is 46.4 Å². The molecule has 1 fully saturated rings. The average molecular weight is 461 g/mol. The number of nitrogens with one attached hydrogen (secondary N) is 1. The first kappa shape index (κ1) is 22.0. The summed E-state index contributed by atoms with van der Waals surface area (Å²) in [5.74, 6) is 1.66. The van der Waals surface area contributed by atoms with Gasteiger partial charge in [-0.1, -0.05) is 6.92 Å². The number of nitrogens with zero attached hydrogens (tertiary/aromatic N) is 3. The lowest BCUT2D eigenvalue weighted by Gasteiger charge is -2.35. The van der Waals surface area contributed by atoms with E-state index >= 15 is 0 Å². The third-order valence-electron chi connectivity index (χ3n) is 5.64. The molecule has 2 aliphatic rings. The van der Waals surface area contributed by atoms with Crippen molar-refractivity contribution in [2.75, 3.05) is 18.8 Å². The molecule has 10 nitrogen and oxygen atoms in total. The molecule has 170 valence electrons. The van der Waals surface area contributed by atoms with Gasteiger partial charge in [-0.25, -0.2) is 8.42 Å². The van der Waals surface area contributed by atoms with Gasteiger partial charge in [0.05, 0.1) is 16.8 Å². The fourth-order valence-electron chi connectivity index (χ4n) is 3.97. The number of piperidine rings is 1. The van der Waals surface area contributed by atoms with Crippen molar-refractivity contribution in [3.05, 3.63) is 52.1 Å². The maximum atomic E-state index is 13.4. The zero-order chi connectivity index (χ0) is 22.9. The van der Waals surface area contributed by atoms with Crippen molar-refractivity contribution < 1.29 is 22.8 Å². The van der Waals surface area contributed by atoms with E-state index in [9.17, 15) is 18.5 Å². The quantitative estimate of drug-likeness (QED) is 0.397. The van der Waals surface area contributed by atoms with Crippen LogP contribution in [0.25, 0.3) is 0 Å². The van der Waals surface area contributed by atoms with E-state index in [0.29, 0.717) is 29.5 Å². The summed E-state index contributed by atoms with van der Waals surface area (Å²) in [5.41, 5.74) is 3.31. The number of rotatable bonds is 6. The normalized spacial score (nSPS) is 21.1. The van der Waals surface area contributed by atoms with Crippen molar-refractivity contribution in [2.45, 2.75) is 37.6 Å². The second-order valence-corrected chi connectivity index (χ2v) is 9.87. The summed E-state index contributed by atoms with van der Waals surface area (Å²) in [6.07, 6.45) is 2.98. The van der Waals surface area contributed by atoms with Crippen molar-refractivity contribution in [2.24, 2.45) is 11.0 Å². The molecule has 0 aromatic heterocycles. The van der Waals surface area contributed by atoms with Crippen molar-refractivity contribution in [1.29, 1.82) is 0 Å². The molecule has 0 radical (unpaired) electrons. The molecule has 0 saturated carbocycles. The Morgan fingerprint density at radius 2 is 1.97 bits per heavy atom. The third-order valence-corrected chi connectivity index (χ3v) is 7.69. The monoisotopic (exact) mass is 460 g/mol. The van der Waals surface area contributed by atoms with Gasteiger partial charge in [0.1, 0.15) is 4.90 Å². The molecule has 0 unspecified atom stereocenters. The molecular formula is C21H24N4O6S. The number of hydrogen-bond donors (Lipinski definition) is 1. The standard InChI is InChI=1S/C21H24N4O6S/c1-14-7-8-24(15(2)9-14)32(28,29)21-11-17(25(26)27)4-5-18(21)23-22-12-16-3-6-19-20(10-16)31-13-30-19/h3-6,10-12,14-15,23H,7-9,13H2,1-2H3/b22-12-/t14-,15-/m1/s1. The number of benzene rings is 2. The van der Waals surface area contributed by atoms with Crippen molar-refractivity contribution >= 4 is 27.6 Å². The Kier molecular flexibility index (Phi) is 6.02. The van der Waals surface area contributed by atoms with E-state index in [0.717, 1.165) is 18.9 Å². The Labute approximate surface area is 186 Å². The number of fused-ring (bicyclic) bond motifs is 1. The van der Waals surface area contributed by atoms with E-state index in [1.54, 1.807) is 18.2 Å². The molecule has 2 aliphatic heterocycles. The number of nitro groups is 1. The Morgan fingerprint density at radius 3 is 2.72 bits per heavy atom. The minimum atomic E-state index is -3.97. The lowest BCUT2D eigenvalue weighted by atomic mass is 9.95. The zero-order valence-electron chi connectivity index (χ0n) is 17.7. The first-order valence-corrected chi connectivity index (χ1v) is 11.7. The number of hydrazone groups is 1. The molecule has 2 heterocycles. The molecular weight excluding hydrogens is 436 g/mol. The molecule has 1 saturated heterocycles. The van der Waals surface area contributed by atoms with Gasteiger partial charge >= 0.3 is 0 Å². The predicted octanol–water partition coefficient (Wildman–Crippen LogP) is 3.58. The van der Waals surface area contributed by atoms with Gasteiger partial charge in [0, 0.05) is 24.7 Å². The molecule has 4 rings (SSSR count). The molecule has 0 spiro atoms. The van der Waals surface area contributed by atoms with Gasteiger partial charge < -0.3 is 9.47 Å². The molecule has 0 amide bonds. The third kappa shape index (κ3) is 4.39. The zero-order valence-corrected chi connectivity index (χ0v) is 18.5. The molecule has 0 bridgehead atoms. The fraction of sp³-hybridized carbons (Fsp3) is 0.381. The number of hydrogen-bond acceptors (Lipinski definition) is 8. The van der Waals surface area contributed by atoms with E-state index in [2.05, 4.69) is 17.5 Å². The number of ether oxygens (including phenoxy) is 2. The Hall–Kier alpha value is -3.18. The summed E-state index contributed by atoms with van der Waals surface area (Å²) in [7, 11) is -3.97. The highest BCUT2D eigenvalue weighted by Gasteiger charge is 2.35. The van der Waals surface area contributed by atoms with Gasteiger partial charge in [-0.15, -0.1) is 0 Å². The maximum absolute atomic E-state index is 13.4. The van der Waals surface area contributed by atoms with Crippen molar-refractivity contribution in [1.82, 2.24) is 4.31 Å². The van der Waals surface area contributed by atoms with Crippen LogP contribution in [0.5, 0.6) is 11.5 Å². The summed E-state index contributed by atoms with van der Waals surface area (Å²) in [6.45, 7) is 4.47. The van der Waals surface area contributed by atoms with Crippen LogP contribution >= 0.6 is 0 Å². The highest BCUT2D eigenvalue weighted by molar-refractivity contribution is 7.89. The highest BCUT2D eigenvalue weighted by Crippen LogP contribution is 2.34. The minimum absolute atomic E-state index is 0.159. The molecule has 0 aliphatic carbocycles. The van der Waals surface area contributed by atoms with Crippen LogP contribution < -0.4 is 14.9 Å². The summed E-state index contributed by atoms with van der Waals surface area (Å²) in [5, 5.41) is 15.4. The van der Waals surface area contributed by atoms with Crippen molar-refractivity contribution in [3.63, 3.8) is 0 Å². The van der Waals surface area contributed by atoms with E-state index in [1.807, 2.05) is 6.92 Å². The molecule has 2 aromatic rings. The van der Waals surface area contributed by atoms with Crippen LogP contribution in [0.3, 0.4) is 0 Å². The van der Waals surface area contributed by atoms with Crippen LogP contribution in [0, 0.1) is 16.0 Å². The smallest absolute Gasteiger partial charge is 0.270 e. The second-order valence-electron chi connectivity index (χ2n) is 8.01. The Morgan fingerprint density at radius 1 is 1.19 bits per heavy atom. The van der Waals surface area contributed by atoms with Crippen LogP contribution in [-0.4, -0.2) is 43.2 Å². The van der Waals surface area contributed by atoms with Crippen LogP contribution in [0.1, 0.15) is 32.3 Å². The fourth-order valence-corrected chi connectivity index (χ4v) is 5.79. The predicted molar refractivity (Wildman–Crippen MR) is 119 cm³/mol. The van der Waals surface area contributed by atoms with Gasteiger partial charge in [0.15, 0.2) is 11.5 Å². The largest absolute Gasteiger partial charge is 0.454 e. The molecule has 11 heteroatoms. The topological polar surface area (TPSA) is 123 Å². The average Bonchev–Trinajstić information content (AvgIpc) is 3.21. The molecule has 1 N–H and O–H groups in total. The van der Waals surface area contributed by atoms with E-state index in [1.165, 1.54) is 22.7 Å². The lowest BCUT2D eigenvalue weighted by Crippen LogP contribution is -2.44. The van der Waals surface area contributed by atoms with E-state index in [4.69, 9.17) is 9.47 Å². The molecule has 2 atom stereocenters. The van der Waals surface area contributed by atoms with Gasteiger partial charge in [-0.05, 0) is 55.5 Å². The SMILES string of the molecule is C[C@@H]1CCN(S(=O)(=O)c2cc([N+](=O)[O-])ccc2N/N=C\c2ccc3c(c2)OCO3)[C@H](C)C1. The number of anilines is 1. The molecule has 2 aromatic carbocycles. The van der Waals surface area contributed by atoms with Crippen molar-refractivity contribution in [3.8, 4) is 11.5 Å². The number of non-ortho nitro benzene ring substituents is 1. The van der Waals surface area contributed by atoms with Gasteiger partial charge in [-0.2, -0.15) is 9.41 Å². The Balaban J connectivity index is 1.63. The van der Waals surface area contributed by atoms with Gasteiger partial charge in [0.25, 0.3) is 5.69 Å². The van der Waals surface area contributed by atoms with Crippen LogP contribution in [0.4, 0.5) is 11.4 Å². The maximum Gasteiger partial charge on any atom is 0.270 e. The second kappa shape index (κ2) is 8.75. The first-order valence-electron chi connectivity index (χ1n) is 10.2. The number of nitro benzene ring substituents is 1.